The number of rotatable bonds is 4. The van der Waals surface area contributed by atoms with E-state index in [0.717, 1.165) is 32.4 Å². The summed E-state index contributed by atoms with van der Waals surface area (Å²) in [5, 5.41) is 0. The largest absolute Gasteiger partial charge is 0.341 e. The average Bonchev–Trinajstić information content (AvgIpc) is 2.77. The number of aliphatic imine (C=N–C) groups is 1. The Labute approximate surface area is 91.5 Å². The smallest absolute Gasteiger partial charge is 0.247 e. The van der Waals surface area contributed by atoms with E-state index in [4.69, 9.17) is 5.73 Å². The molecular formula is C11H21N3O. The molecule has 0 aromatic heterocycles. The monoisotopic (exact) mass is 211 g/mol. The van der Waals surface area contributed by atoms with E-state index >= 15 is 0 Å². The van der Waals surface area contributed by atoms with Gasteiger partial charge in [-0.2, -0.15) is 0 Å². The van der Waals surface area contributed by atoms with Gasteiger partial charge in [0.15, 0.2) is 0 Å². The molecule has 0 radical (unpaired) electrons. The zero-order valence-electron chi connectivity index (χ0n) is 9.65. The van der Waals surface area contributed by atoms with Gasteiger partial charge in [0, 0.05) is 25.3 Å². The van der Waals surface area contributed by atoms with Gasteiger partial charge in [-0.25, -0.2) is 0 Å². The van der Waals surface area contributed by atoms with Gasteiger partial charge in [0.05, 0.1) is 0 Å². The van der Waals surface area contributed by atoms with Crippen molar-refractivity contribution in [3.63, 3.8) is 0 Å². The summed E-state index contributed by atoms with van der Waals surface area (Å²) in [7, 11) is 0. The Morgan fingerprint density at radius 2 is 2.13 bits per heavy atom. The Kier molecular flexibility index (Phi) is 4.75. The summed E-state index contributed by atoms with van der Waals surface area (Å²) in [6.07, 6.45) is 4.79. The third-order valence-corrected chi connectivity index (χ3v) is 2.75. The molecule has 0 aliphatic carbocycles. The van der Waals surface area contributed by atoms with Crippen molar-refractivity contribution in [3.8, 4) is 0 Å². The molecule has 86 valence electrons. The summed E-state index contributed by atoms with van der Waals surface area (Å²) < 4.78 is 0. The van der Waals surface area contributed by atoms with Gasteiger partial charge >= 0.3 is 0 Å². The Morgan fingerprint density at radius 3 is 2.67 bits per heavy atom. The lowest BCUT2D eigenvalue weighted by molar-refractivity contribution is -0.131. The van der Waals surface area contributed by atoms with E-state index in [-0.39, 0.29) is 18.0 Å². The summed E-state index contributed by atoms with van der Waals surface area (Å²) in [5.41, 5.74) is 5.70. The van der Waals surface area contributed by atoms with Crippen molar-refractivity contribution in [1.29, 1.82) is 0 Å². The minimum absolute atomic E-state index is 0.0289. The normalized spacial score (nSPS) is 20.9. The Bertz CT molecular complexity index is 234. The molecule has 1 amide bonds. The first kappa shape index (κ1) is 12.2. The highest BCUT2D eigenvalue weighted by Gasteiger charge is 2.22. The van der Waals surface area contributed by atoms with Crippen LogP contribution in [0.2, 0.25) is 0 Å². The fourth-order valence-electron chi connectivity index (χ4n) is 1.61. The SMILES string of the molecule is CCC(N)/C=N/C(C)C(=O)N1CCCC1. The maximum atomic E-state index is 11.8. The van der Waals surface area contributed by atoms with Gasteiger partial charge in [0.1, 0.15) is 6.04 Å². The lowest BCUT2D eigenvalue weighted by Crippen LogP contribution is -2.35. The molecule has 2 unspecified atom stereocenters. The lowest BCUT2D eigenvalue weighted by atomic mass is 10.2. The van der Waals surface area contributed by atoms with E-state index in [1.165, 1.54) is 0 Å². The summed E-state index contributed by atoms with van der Waals surface area (Å²) in [6.45, 7) is 5.61. The fourth-order valence-corrected chi connectivity index (χ4v) is 1.61. The number of carbonyl (C=O) groups is 1. The molecule has 0 aromatic rings. The third kappa shape index (κ3) is 3.63. The summed E-state index contributed by atoms with van der Waals surface area (Å²) in [5.74, 6) is 0.132. The molecule has 0 spiro atoms. The quantitative estimate of drug-likeness (QED) is 0.699. The number of hydrogen-bond acceptors (Lipinski definition) is 3. The predicted octanol–water partition coefficient (Wildman–Crippen LogP) is 0.805. The highest BCUT2D eigenvalue weighted by molar-refractivity contribution is 5.83. The van der Waals surface area contributed by atoms with Gasteiger partial charge in [-0.05, 0) is 26.2 Å². The third-order valence-electron chi connectivity index (χ3n) is 2.75. The van der Waals surface area contributed by atoms with E-state index in [1.54, 1.807) is 6.21 Å². The van der Waals surface area contributed by atoms with Crippen molar-refractivity contribution in [2.24, 2.45) is 10.7 Å². The summed E-state index contributed by atoms with van der Waals surface area (Å²) in [6, 6.07) is -0.306. The van der Waals surface area contributed by atoms with Crippen LogP contribution in [0.5, 0.6) is 0 Å². The number of nitrogens with zero attached hydrogens (tertiary/aromatic N) is 2. The molecule has 1 fully saturated rings. The highest BCUT2D eigenvalue weighted by atomic mass is 16.2. The van der Waals surface area contributed by atoms with Gasteiger partial charge in [-0.1, -0.05) is 6.92 Å². The number of hydrogen-bond donors (Lipinski definition) is 1. The van der Waals surface area contributed by atoms with Crippen molar-refractivity contribution in [2.45, 2.75) is 45.2 Å². The van der Waals surface area contributed by atoms with Gasteiger partial charge in [0.2, 0.25) is 5.91 Å². The average molecular weight is 211 g/mol. The fraction of sp³-hybridized carbons (Fsp3) is 0.818. The molecule has 0 bridgehead atoms. The number of carbonyl (C=O) groups excluding carboxylic acids is 1. The van der Waals surface area contributed by atoms with Crippen LogP contribution >= 0.6 is 0 Å². The minimum atomic E-state index is -0.277. The van der Waals surface area contributed by atoms with Crippen molar-refractivity contribution < 1.29 is 4.79 Å². The van der Waals surface area contributed by atoms with Gasteiger partial charge in [-0.3, -0.25) is 9.79 Å². The van der Waals surface area contributed by atoms with Crippen LogP contribution in [0.1, 0.15) is 33.1 Å². The lowest BCUT2D eigenvalue weighted by Gasteiger charge is -2.17. The van der Waals surface area contributed by atoms with Crippen LogP contribution in [0.15, 0.2) is 4.99 Å². The Hall–Kier alpha value is -0.900. The molecular weight excluding hydrogens is 190 g/mol. The molecule has 1 aliphatic rings. The second kappa shape index (κ2) is 5.85. The van der Waals surface area contributed by atoms with E-state index < -0.39 is 0 Å². The van der Waals surface area contributed by atoms with Crippen molar-refractivity contribution in [2.75, 3.05) is 13.1 Å². The molecule has 0 saturated carbocycles. The molecule has 1 aliphatic heterocycles. The van der Waals surface area contributed by atoms with Crippen LogP contribution in [0, 0.1) is 0 Å². The van der Waals surface area contributed by atoms with Crippen LogP contribution in [0.3, 0.4) is 0 Å². The molecule has 1 saturated heterocycles. The van der Waals surface area contributed by atoms with Crippen LogP contribution in [-0.4, -0.2) is 42.2 Å². The van der Waals surface area contributed by atoms with E-state index in [1.807, 2.05) is 18.7 Å². The van der Waals surface area contributed by atoms with Gasteiger partial charge in [0.25, 0.3) is 0 Å². The predicted molar refractivity (Wildman–Crippen MR) is 62.0 cm³/mol. The molecule has 2 N–H and O–H groups in total. The van der Waals surface area contributed by atoms with E-state index in [9.17, 15) is 4.79 Å². The van der Waals surface area contributed by atoms with E-state index in [0.29, 0.717) is 0 Å². The minimum Gasteiger partial charge on any atom is -0.341 e. The molecule has 4 nitrogen and oxygen atoms in total. The molecule has 15 heavy (non-hydrogen) atoms. The topological polar surface area (TPSA) is 58.7 Å². The second-order valence-electron chi connectivity index (χ2n) is 4.08. The first-order valence-electron chi connectivity index (χ1n) is 5.72. The van der Waals surface area contributed by atoms with Gasteiger partial charge < -0.3 is 10.6 Å². The number of likely N-dealkylation sites (tertiary alicyclic amines) is 1. The van der Waals surface area contributed by atoms with Crippen LogP contribution < -0.4 is 5.73 Å². The molecule has 4 heteroatoms. The molecule has 1 heterocycles. The van der Waals surface area contributed by atoms with Crippen molar-refractivity contribution in [3.05, 3.63) is 0 Å². The maximum absolute atomic E-state index is 11.8. The Morgan fingerprint density at radius 1 is 1.53 bits per heavy atom. The van der Waals surface area contributed by atoms with Gasteiger partial charge in [-0.15, -0.1) is 0 Å². The first-order valence-corrected chi connectivity index (χ1v) is 5.72. The van der Waals surface area contributed by atoms with Crippen LogP contribution in [0.4, 0.5) is 0 Å². The van der Waals surface area contributed by atoms with Crippen LogP contribution in [-0.2, 0) is 4.79 Å². The summed E-state index contributed by atoms with van der Waals surface area (Å²) >= 11 is 0. The standard InChI is InChI=1S/C11H21N3O/c1-3-10(12)8-13-9(2)11(15)14-6-4-5-7-14/h8-10H,3-7,12H2,1-2H3/b13-8+. The highest BCUT2D eigenvalue weighted by Crippen LogP contribution is 2.10. The second-order valence-corrected chi connectivity index (χ2v) is 4.08. The van der Waals surface area contributed by atoms with Crippen molar-refractivity contribution >= 4 is 12.1 Å². The van der Waals surface area contributed by atoms with E-state index in [2.05, 4.69) is 4.99 Å². The zero-order chi connectivity index (χ0) is 11.3. The number of nitrogens with two attached hydrogens (primary N) is 1. The molecule has 0 aromatic carbocycles. The molecule has 2 atom stereocenters. The Balaban J connectivity index is 2.41. The van der Waals surface area contributed by atoms with Crippen molar-refractivity contribution in [1.82, 2.24) is 4.90 Å². The zero-order valence-corrected chi connectivity index (χ0v) is 9.65. The maximum Gasteiger partial charge on any atom is 0.247 e. The molecule has 1 rings (SSSR count). The van der Waals surface area contributed by atoms with Crippen LogP contribution in [0.25, 0.3) is 0 Å². The first-order chi connectivity index (χ1) is 7.15. The number of amides is 1. The summed E-state index contributed by atoms with van der Waals surface area (Å²) in [4.78, 5) is 17.9.